The van der Waals surface area contributed by atoms with Crippen LogP contribution in [0.5, 0.6) is 11.5 Å². The lowest BCUT2D eigenvalue weighted by Gasteiger charge is -2.31. The summed E-state index contributed by atoms with van der Waals surface area (Å²) in [5.74, 6) is 1.47. The van der Waals surface area contributed by atoms with Gasteiger partial charge in [-0.2, -0.15) is 0 Å². The van der Waals surface area contributed by atoms with Crippen molar-refractivity contribution in [2.24, 2.45) is 0 Å². The molecule has 0 saturated heterocycles. The number of anilines is 2. The number of rotatable bonds is 5. The molecule has 0 aromatic heterocycles. The predicted octanol–water partition coefficient (Wildman–Crippen LogP) is 5.01. The van der Waals surface area contributed by atoms with E-state index in [-0.39, 0.29) is 0 Å². The summed E-state index contributed by atoms with van der Waals surface area (Å²) >= 11 is 0. The average molecular weight is 320 g/mol. The third-order valence-corrected chi connectivity index (χ3v) is 3.81. The Bertz CT molecular complexity index is 798. The van der Waals surface area contributed by atoms with E-state index < -0.39 is 0 Å². The predicted molar refractivity (Wildman–Crippen MR) is 96.9 cm³/mol. The van der Waals surface area contributed by atoms with Gasteiger partial charge in [-0.3, -0.25) is 0 Å². The molecule has 4 nitrogen and oxygen atoms in total. The lowest BCUT2D eigenvalue weighted by molar-refractivity contribution is 0.415. The van der Waals surface area contributed by atoms with Crippen LogP contribution in [0.15, 0.2) is 72.8 Å². The zero-order valence-electron chi connectivity index (χ0n) is 13.6. The van der Waals surface area contributed by atoms with Crippen molar-refractivity contribution < 1.29 is 9.47 Å². The Labute approximate surface area is 141 Å². The fourth-order valence-electron chi connectivity index (χ4n) is 2.46. The van der Waals surface area contributed by atoms with Crippen molar-refractivity contribution in [2.45, 2.75) is 0 Å². The van der Waals surface area contributed by atoms with Gasteiger partial charge in [0, 0.05) is 17.4 Å². The fourth-order valence-corrected chi connectivity index (χ4v) is 2.46. The molecule has 24 heavy (non-hydrogen) atoms. The topological polar surface area (TPSA) is 44.8 Å². The van der Waals surface area contributed by atoms with Crippen LogP contribution in [0.25, 0.3) is 11.1 Å². The van der Waals surface area contributed by atoms with Crippen molar-refractivity contribution in [1.29, 1.82) is 0 Å². The van der Waals surface area contributed by atoms with E-state index >= 15 is 0 Å². The first kappa shape index (κ1) is 15.9. The summed E-state index contributed by atoms with van der Waals surface area (Å²) in [4.78, 5) is 0. The zero-order chi connectivity index (χ0) is 16.9. The molecule has 0 N–H and O–H groups in total. The zero-order valence-corrected chi connectivity index (χ0v) is 13.6. The van der Waals surface area contributed by atoms with E-state index in [4.69, 9.17) is 9.47 Å². The van der Waals surface area contributed by atoms with Crippen molar-refractivity contribution in [3.05, 3.63) is 78.0 Å². The van der Waals surface area contributed by atoms with E-state index in [9.17, 15) is 5.21 Å². The van der Waals surface area contributed by atoms with Crippen LogP contribution in [-0.2, 0) is 0 Å². The Morgan fingerprint density at radius 2 is 1.25 bits per heavy atom. The SMILES string of the molecule is COc1ccc(-c2ccc(N([O-])c3cccc(OC)c3)cc2)cc1. The Balaban J connectivity index is 1.82. The normalized spacial score (nSPS) is 10.3. The van der Waals surface area contributed by atoms with Crippen molar-refractivity contribution in [3.8, 4) is 22.6 Å². The second-order valence-corrected chi connectivity index (χ2v) is 5.27. The molecule has 3 aromatic rings. The standard InChI is InChI=1S/C20H18NO3/c1-23-19-12-8-16(9-13-19)15-6-10-17(11-7-15)21(22)18-4-3-5-20(14-18)24-2/h3-14H,1-2H3/q-1. The minimum absolute atomic E-state index is 0.534. The van der Waals surface area contributed by atoms with Gasteiger partial charge in [-0.1, -0.05) is 30.3 Å². The molecule has 3 rings (SSSR count). The van der Waals surface area contributed by atoms with Gasteiger partial charge in [-0.05, 0) is 47.5 Å². The number of ether oxygens (including phenoxy) is 2. The quantitative estimate of drug-likeness (QED) is 0.620. The molecule has 0 saturated carbocycles. The number of methoxy groups -OCH3 is 2. The fraction of sp³-hybridized carbons (Fsp3) is 0.100. The van der Waals surface area contributed by atoms with Crippen LogP contribution in [0.3, 0.4) is 0 Å². The average Bonchev–Trinajstić information content (AvgIpc) is 2.67. The Hall–Kier alpha value is -2.98. The highest BCUT2D eigenvalue weighted by Gasteiger charge is 2.03. The second-order valence-electron chi connectivity index (χ2n) is 5.27. The van der Waals surface area contributed by atoms with Crippen LogP contribution in [0.4, 0.5) is 11.4 Å². The maximum absolute atomic E-state index is 12.5. The molecule has 0 unspecified atom stereocenters. The second kappa shape index (κ2) is 7.06. The summed E-state index contributed by atoms with van der Waals surface area (Å²) < 4.78 is 10.3. The smallest absolute Gasteiger partial charge is 0.120 e. The lowest BCUT2D eigenvalue weighted by atomic mass is 10.1. The number of hydrogen-bond acceptors (Lipinski definition) is 4. The van der Waals surface area contributed by atoms with Crippen molar-refractivity contribution >= 4 is 11.4 Å². The summed E-state index contributed by atoms with van der Waals surface area (Å²) in [6.45, 7) is 0. The van der Waals surface area contributed by atoms with Crippen LogP contribution in [-0.4, -0.2) is 14.2 Å². The minimum atomic E-state index is 0.534. The third-order valence-electron chi connectivity index (χ3n) is 3.81. The largest absolute Gasteiger partial charge is 0.754 e. The molecular formula is C20H18NO3-. The maximum Gasteiger partial charge on any atom is 0.120 e. The molecule has 0 radical (unpaired) electrons. The molecule has 0 bridgehead atoms. The highest BCUT2D eigenvalue weighted by molar-refractivity contribution is 5.71. The van der Waals surface area contributed by atoms with Gasteiger partial charge in [0.05, 0.1) is 14.2 Å². The summed E-state index contributed by atoms with van der Waals surface area (Å²) in [5.41, 5.74) is 3.22. The summed E-state index contributed by atoms with van der Waals surface area (Å²) in [6.07, 6.45) is 0. The molecule has 122 valence electrons. The van der Waals surface area contributed by atoms with Gasteiger partial charge < -0.3 is 19.7 Å². The number of hydrogen-bond donors (Lipinski definition) is 0. The molecule has 0 heterocycles. The van der Waals surface area contributed by atoms with Crippen LogP contribution in [0.2, 0.25) is 0 Å². The van der Waals surface area contributed by atoms with E-state index in [2.05, 4.69) is 0 Å². The number of benzene rings is 3. The van der Waals surface area contributed by atoms with Crippen LogP contribution >= 0.6 is 0 Å². The van der Waals surface area contributed by atoms with Crippen molar-refractivity contribution in [2.75, 3.05) is 19.3 Å². The molecule has 0 aliphatic carbocycles. The maximum atomic E-state index is 12.5. The summed E-state index contributed by atoms with van der Waals surface area (Å²) in [6, 6.07) is 22.4. The van der Waals surface area contributed by atoms with Gasteiger partial charge in [-0.15, -0.1) is 0 Å². The van der Waals surface area contributed by atoms with Crippen molar-refractivity contribution in [3.63, 3.8) is 0 Å². The van der Waals surface area contributed by atoms with Crippen molar-refractivity contribution in [1.82, 2.24) is 0 Å². The molecule has 0 aliphatic heterocycles. The first-order valence-electron chi connectivity index (χ1n) is 7.57. The summed E-state index contributed by atoms with van der Waals surface area (Å²) in [7, 11) is 3.23. The van der Waals surface area contributed by atoms with Gasteiger partial charge in [0.1, 0.15) is 11.5 Å². The Kier molecular flexibility index (Phi) is 4.68. The molecule has 0 amide bonds. The molecule has 0 aliphatic rings. The van der Waals surface area contributed by atoms with Gasteiger partial charge in [0.25, 0.3) is 0 Å². The number of nitrogens with zero attached hydrogens (tertiary/aromatic N) is 1. The summed E-state index contributed by atoms with van der Waals surface area (Å²) in [5, 5.41) is 13.4. The molecule has 3 aromatic carbocycles. The highest BCUT2D eigenvalue weighted by atomic mass is 16.5. The van der Waals surface area contributed by atoms with E-state index in [1.165, 1.54) is 0 Å². The van der Waals surface area contributed by atoms with E-state index in [0.29, 0.717) is 17.1 Å². The van der Waals surface area contributed by atoms with Crippen LogP contribution < -0.4 is 14.5 Å². The first-order chi connectivity index (χ1) is 11.7. The van der Waals surface area contributed by atoms with E-state index in [1.807, 2.05) is 54.6 Å². The first-order valence-corrected chi connectivity index (χ1v) is 7.57. The van der Waals surface area contributed by atoms with Crippen LogP contribution in [0, 0.1) is 5.21 Å². The minimum Gasteiger partial charge on any atom is -0.754 e. The monoisotopic (exact) mass is 320 g/mol. The van der Waals surface area contributed by atoms with E-state index in [1.54, 1.807) is 32.4 Å². The molecule has 0 fully saturated rings. The third kappa shape index (κ3) is 3.34. The van der Waals surface area contributed by atoms with Gasteiger partial charge in [0.2, 0.25) is 0 Å². The lowest BCUT2D eigenvalue weighted by Crippen LogP contribution is -2.06. The molecular weight excluding hydrogens is 302 g/mol. The van der Waals surface area contributed by atoms with E-state index in [0.717, 1.165) is 21.9 Å². The van der Waals surface area contributed by atoms with Gasteiger partial charge in [-0.25, -0.2) is 0 Å². The molecule has 0 atom stereocenters. The highest BCUT2D eigenvalue weighted by Crippen LogP contribution is 2.30. The van der Waals surface area contributed by atoms with Crippen LogP contribution in [0.1, 0.15) is 0 Å². The van der Waals surface area contributed by atoms with Gasteiger partial charge >= 0.3 is 0 Å². The van der Waals surface area contributed by atoms with Gasteiger partial charge in [0.15, 0.2) is 0 Å². The Morgan fingerprint density at radius 3 is 1.83 bits per heavy atom. The molecule has 0 spiro atoms. The molecule has 4 heteroatoms. The Morgan fingerprint density at radius 1 is 0.667 bits per heavy atom.